The molecule has 1 fully saturated rings. The van der Waals surface area contributed by atoms with Gasteiger partial charge in [0.2, 0.25) is 0 Å². The van der Waals surface area contributed by atoms with Crippen LogP contribution >= 0.6 is 0 Å². The van der Waals surface area contributed by atoms with Gasteiger partial charge in [0.25, 0.3) is 0 Å². The van der Waals surface area contributed by atoms with Crippen LogP contribution in [0.15, 0.2) is 0 Å². The van der Waals surface area contributed by atoms with Crippen molar-refractivity contribution in [1.82, 2.24) is 4.90 Å². The van der Waals surface area contributed by atoms with Crippen LogP contribution in [0.3, 0.4) is 0 Å². The molecule has 1 saturated carbocycles. The minimum Gasteiger partial charge on any atom is -0.389 e. The molecule has 12 heavy (non-hydrogen) atoms. The van der Waals surface area contributed by atoms with Crippen molar-refractivity contribution in [2.75, 3.05) is 13.6 Å². The third-order valence-electron chi connectivity index (χ3n) is 2.98. The number of aliphatic hydroxyl groups is 1. The molecule has 1 rings (SSSR count). The molecule has 0 heterocycles. The molecule has 1 N–H and O–H groups in total. The molecule has 0 aromatic carbocycles. The second kappa shape index (κ2) is 3.35. The highest BCUT2D eigenvalue weighted by Crippen LogP contribution is 2.28. The van der Waals surface area contributed by atoms with Gasteiger partial charge in [0, 0.05) is 12.6 Å². The Balaban J connectivity index is 2.36. The van der Waals surface area contributed by atoms with Crippen LogP contribution in [-0.2, 0) is 0 Å². The lowest BCUT2D eigenvalue weighted by molar-refractivity contribution is -0.0147. The van der Waals surface area contributed by atoms with Gasteiger partial charge in [-0.3, -0.25) is 0 Å². The molecule has 0 aliphatic heterocycles. The first kappa shape index (κ1) is 10.0. The monoisotopic (exact) mass is 171 g/mol. The molecular formula is C10H21NO. The SMILES string of the molecule is CC(C)C(C)(O)CN(C)C1CC1. The molecule has 0 aromatic heterocycles. The summed E-state index contributed by atoms with van der Waals surface area (Å²) in [5.41, 5.74) is -0.530. The minimum atomic E-state index is -0.530. The molecule has 0 aromatic rings. The van der Waals surface area contributed by atoms with Crippen LogP contribution in [0.1, 0.15) is 33.6 Å². The lowest BCUT2D eigenvalue weighted by Gasteiger charge is -2.32. The second-order valence-corrected chi connectivity index (χ2v) is 4.66. The maximum absolute atomic E-state index is 10.00. The van der Waals surface area contributed by atoms with Crippen molar-refractivity contribution in [3.63, 3.8) is 0 Å². The van der Waals surface area contributed by atoms with E-state index >= 15 is 0 Å². The minimum absolute atomic E-state index is 0.332. The Morgan fingerprint density at radius 2 is 2.00 bits per heavy atom. The summed E-state index contributed by atoms with van der Waals surface area (Å²) in [6.07, 6.45) is 2.62. The smallest absolute Gasteiger partial charge is 0.0768 e. The zero-order chi connectivity index (χ0) is 9.35. The fraction of sp³-hybridized carbons (Fsp3) is 1.00. The van der Waals surface area contributed by atoms with Crippen molar-refractivity contribution in [2.24, 2.45) is 5.92 Å². The van der Waals surface area contributed by atoms with Crippen LogP contribution in [0.4, 0.5) is 0 Å². The Morgan fingerprint density at radius 1 is 1.50 bits per heavy atom. The standard InChI is InChI=1S/C10H21NO/c1-8(2)10(3,12)7-11(4)9-5-6-9/h8-9,12H,5-7H2,1-4H3. The molecule has 1 aliphatic carbocycles. The highest BCUT2D eigenvalue weighted by Gasteiger charge is 2.33. The molecule has 1 atom stereocenters. The lowest BCUT2D eigenvalue weighted by atomic mass is 9.92. The fourth-order valence-corrected chi connectivity index (χ4v) is 1.33. The third-order valence-corrected chi connectivity index (χ3v) is 2.98. The first-order valence-electron chi connectivity index (χ1n) is 4.86. The second-order valence-electron chi connectivity index (χ2n) is 4.66. The average molecular weight is 171 g/mol. The summed E-state index contributed by atoms with van der Waals surface area (Å²) in [7, 11) is 2.11. The van der Waals surface area contributed by atoms with Gasteiger partial charge in [0.1, 0.15) is 0 Å². The Kier molecular flexibility index (Phi) is 2.79. The van der Waals surface area contributed by atoms with Gasteiger partial charge in [0.05, 0.1) is 5.60 Å². The Hall–Kier alpha value is -0.0800. The molecule has 0 bridgehead atoms. The van der Waals surface area contributed by atoms with Crippen molar-refractivity contribution in [3.8, 4) is 0 Å². The van der Waals surface area contributed by atoms with Gasteiger partial charge in [0.15, 0.2) is 0 Å². The number of likely N-dealkylation sites (N-methyl/N-ethyl adjacent to an activating group) is 1. The van der Waals surface area contributed by atoms with Gasteiger partial charge >= 0.3 is 0 Å². The van der Waals surface area contributed by atoms with Gasteiger partial charge in [-0.15, -0.1) is 0 Å². The van der Waals surface area contributed by atoms with Crippen LogP contribution in [0.25, 0.3) is 0 Å². The molecule has 0 saturated heterocycles. The van der Waals surface area contributed by atoms with Crippen molar-refractivity contribution in [1.29, 1.82) is 0 Å². The predicted octanol–water partition coefficient (Wildman–Crippen LogP) is 1.49. The first-order valence-corrected chi connectivity index (χ1v) is 4.86. The Bertz CT molecular complexity index is 150. The van der Waals surface area contributed by atoms with Crippen molar-refractivity contribution >= 4 is 0 Å². The van der Waals surface area contributed by atoms with Crippen LogP contribution < -0.4 is 0 Å². The Labute approximate surface area is 75.6 Å². The fourth-order valence-electron chi connectivity index (χ4n) is 1.33. The molecule has 72 valence electrons. The van der Waals surface area contributed by atoms with Gasteiger partial charge in [-0.2, -0.15) is 0 Å². The predicted molar refractivity (Wildman–Crippen MR) is 51.1 cm³/mol. The van der Waals surface area contributed by atoms with Crippen LogP contribution in [-0.4, -0.2) is 35.2 Å². The van der Waals surface area contributed by atoms with E-state index in [1.54, 1.807) is 0 Å². The average Bonchev–Trinajstić information content (AvgIpc) is 2.65. The molecule has 0 amide bonds. The van der Waals surface area contributed by atoms with E-state index in [1.165, 1.54) is 12.8 Å². The van der Waals surface area contributed by atoms with Crippen LogP contribution in [0.2, 0.25) is 0 Å². The molecular weight excluding hydrogens is 150 g/mol. The van der Waals surface area contributed by atoms with E-state index < -0.39 is 5.60 Å². The number of nitrogens with zero attached hydrogens (tertiary/aromatic N) is 1. The van der Waals surface area contributed by atoms with Gasteiger partial charge in [-0.25, -0.2) is 0 Å². The van der Waals surface area contributed by atoms with Gasteiger partial charge in [-0.1, -0.05) is 13.8 Å². The molecule has 2 heteroatoms. The zero-order valence-electron chi connectivity index (χ0n) is 8.67. The number of rotatable bonds is 4. The normalized spacial score (nSPS) is 23.2. The van der Waals surface area contributed by atoms with Crippen molar-refractivity contribution in [2.45, 2.75) is 45.3 Å². The lowest BCUT2D eigenvalue weighted by Crippen LogP contribution is -2.43. The summed E-state index contributed by atoms with van der Waals surface area (Å²) in [4.78, 5) is 2.28. The maximum Gasteiger partial charge on any atom is 0.0768 e. The summed E-state index contributed by atoms with van der Waals surface area (Å²) >= 11 is 0. The summed E-state index contributed by atoms with van der Waals surface area (Å²) in [6, 6.07) is 0.746. The van der Waals surface area contributed by atoms with E-state index in [1.807, 2.05) is 6.92 Å². The quantitative estimate of drug-likeness (QED) is 0.692. The highest BCUT2D eigenvalue weighted by molar-refractivity contribution is 4.88. The van der Waals surface area contributed by atoms with E-state index in [0.29, 0.717) is 5.92 Å². The van der Waals surface area contributed by atoms with E-state index in [2.05, 4.69) is 25.8 Å². The van der Waals surface area contributed by atoms with Crippen molar-refractivity contribution in [3.05, 3.63) is 0 Å². The molecule has 0 spiro atoms. The van der Waals surface area contributed by atoms with E-state index in [4.69, 9.17) is 0 Å². The third kappa shape index (κ3) is 2.46. The van der Waals surface area contributed by atoms with Crippen LogP contribution in [0.5, 0.6) is 0 Å². The van der Waals surface area contributed by atoms with E-state index in [-0.39, 0.29) is 0 Å². The summed E-state index contributed by atoms with van der Waals surface area (Å²) in [6.45, 7) is 6.87. The Morgan fingerprint density at radius 3 is 2.33 bits per heavy atom. The van der Waals surface area contributed by atoms with Crippen molar-refractivity contribution < 1.29 is 5.11 Å². The van der Waals surface area contributed by atoms with Gasteiger partial charge in [-0.05, 0) is 32.7 Å². The largest absolute Gasteiger partial charge is 0.389 e. The summed E-state index contributed by atoms with van der Waals surface area (Å²) in [5, 5.41) is 10.00. The first-order chi connectivity index (χ1) is 5.43. The molecule has 2 nitrogen and oxygen atoms in total. The highest BCUT2D eigenvalue weighted by atomic mass is 16.3. The molecule has 1 aliphatic rings. The van der Waals surface area contributed by atoms with Crippen LogP contribution in [0, 0.1) is 5.92 Å². The molecule has 1 unspecified atom stereocenters. The topological polar surface area (TPSA) is 23.5 Å². The number of hydrogen-bond acceptors (Lipinski definition) is 2. The number of hydrogen-bond donors (Lipinski definition) is 1. The summed E-state index contributed by atoms with van der Waals surface area (Å²) in [5.74, 6) is 0.332. The van der Waals surface area contributed by atoms with E-state index in [0.717, 1.165) is 12.6 Å². The van der Waals surface area contributed by atoms with E-state index in [9.17, 15) is 5.11 Å². The molecule has 0 radical (unpaired) electrons. The maximum atomic E-state index is 10.00. The van der Waals surface area contributed by atoms with Gasteiger partial charge < -0.3 is 10.0 Å². The zero-order valence-corrected chi connectivity index (χ0v) is 8.67. The summed E-state index contributed by atoms with van der Waals surface area (Å²) < 4.78 is 0.